The van der Waals surface area contributed by atoms with Crippen LogP contribution in [0, 0.1) is 24.4 Å². The fourth-order valence-electron chi connectivity index (χ4n) is 3.68. The van der Waals surface area contributed by atoms with E-state index in [1.165, 1.54) is 12.1 Å². The van der Waals surface area contributed by atoms with Crippen LogP contribution in [0.5, 0.6) is 0 Å². The number of hydrogen-bond acceptors (Lipinski definition) is 5. The summed E-state index contributed by atoms with van der Waals surface area (Å²) in [7, 11) is 0. The Labute approximate surface area is 193 Å². The van der Waals surface area contributed by atoms with Gasteiger partial charge in [-0.05, 0) is 42.8 Å². The first kappa shape index (κ1) is 21.6. The third-order valence-electron chi connectivity index (χ3n) is 5.31. The molecule has 6 nitrogen and oxygen atoms in total. The molecule has 0 unspecified atom stereocenters. The van der Waals surface area contributed by atoms with E-state index in [2.05, 4.69) is 25.4 Å². The molecule has 5 aromatic rings. The van der Waals surface area contributed by atoms with Gasteiger partial charge < -0.3 is 5.32 Å². The zero-order valence-corrected chi connectivity index (χ0v) is 18.1. The number of hydrogen-bond donors (Lipinski definition) is 1. The zero-order chi connectivity index (χ0) is 23.7. The van der Waals surface area contributed by atoms with Gasteiger partial charge in [-0.15, -0.1) is 0 Å². The van der Waals surface area contributed by atoms with Crippen LogP contribution in [0.2, 0.25) is 0 Å². The lowest BCUT2D eigenvalue weighted by Crippen LogP contribution is -2.06. The van der Waals surface area contributed by atoms with E-state index in [1.54, 1.807) is 41.2 Å². The molecule has 5 rings (SSSR count). The second-order valence-corrected chi connectivity index (χ2v) is 7.79. The molecule has 0 aliphatic carbocycles. The monoisotopic (exact) mass is 460 g/mol. The van der Waals surface area contributed by atoms with E-state index in [0.717, 1.165) is 17.5 Å². The van der Waals surface area contributed by atoms with Gasteiger partial charge in [-0.1, -0.05) is 24.3 Å². The lowest BCUT2D eigenvalue weighted by atomic mass is 10.2. The molecule has 0 fully saturated rings. The first-order chi connectivity index (χ1) is 16.5. The number of nitrogens with one attached hydrogen (secondary N) is 1. The van der Waals surface area contributed by atoms with E-state index in [1.807, 2.05) is 13.0 Å². The van der Waals surface area contributed by atoms with Crippen LogP contribution in [0.25, 0.3) is 22.6 Å². The highest BCUT2D eigenvalue weighted by Crippen LogP contribution is 2.26. The second kappa shape index (κ2) is 8.93. The average Bonchev–Trinajstić information content (AvgIpc) is 3.19. The van der Waals surface area contributed by atoms with Crippen LogP contribution in [0.3, 0.4) is 0 Å². The summed E-state index contributed by atoms with van der Waals surface area (Å²) in [6, 6.07) is 15.7. The van der Waals surface area contributed by atoms with Crippen LogP contribution < -0.4 is 5.32 Å². The number of rotatable bonds is 6. The van der Waals surface area contributed by atoms with Gasteiger partial charge in [0.05, 0.1) is 11.9 Å². The molecule has 170 valence electrons. The topological polar surface area (TPSA) is 68.5 Å². The number of fused-ring (bicyclic) bond motifs is 1. The summed E-state index contributed by atoms with van der Waals surface area (Å²) < 4.78 is 42.6. The van der Waals surface area contributed by atoms with Crippen molar-refractivity contribution in [2.24, 2.45) is 0 Å². The average molecular weight is 460 g/mol. The Kier molecular flexibility index (Phi) is 5.67. The molecular formula is C25H19F3N6. The predicted molar refractivity (Wildman–Crippen MR) is 122 cm³/mol. The van der Waals surface area contributed by atoms with Crippen LogP contribution >= 0.6 is 0 Å². The summed E-state index contributed by atoms with van der Waals surface area (Å²) in [5.74, 6) is -1.24. The maximum atomic E-state index is 14.2. The number of benzene rings is 2. The fourth-order valence-corrected chi connectivity index (χ4v) is 3.68. The normalized spacial score (nSPS) is 11.2. The SMILES string of the molecule is Cc1cc(NCc2ccc(F)c(F)c2)nc(-c2nn(Cc3ccccc3F)c3ncccc23)n1. The minimum absolute atomic E-state index is 0.202. The number of anilines is 1. The van der Waals surface area contributed by atoms with Gasteiger partial charge in [-0.25, -0.2) is 32.8 Å². The van der Waals surface area contributed by atoms with Gasteiger partial charge in [-0.3, -0.25) is 0 Å². The quantitative estimate of drug-likeness (QED) is 0.374. The van der Waals surface area contributed by atoms with E-state index in [-0.39, 0.29) is 18.9 Å². The Bertz CT molecular complexity index is 1500. The molecule has 3 aromatic heterocycles. The summed E-state index contributed by atoms with van der Waals surface area (Å²) in [6.07, 6.45) is 1.65. The van der Waals surface area contributed by atoms with Gasteiger partial charge in [0.2, 0.25) is 0 Å². The molecule has 0 radical (unpaired) electrons. The molecule has 9 heteroatoms. The highest BCUT2D eigenvalue weighted by atomic mass is 19.2. The molecule has 0 bridgehead atoms. The van der Waals surface area contributed by atoms with Crippen LogP contribution in [0.15, 0.2) is 66.9 Å². The molecule has 0 aliphatic rings. The van der Waals surface area contributed by atoms with E-state index in [0.29, 0.717) is 39.8 Å². The minimum atomic E-state index is -0.904. The van der Waals surface area contributed by atoms with Gasteiger partial charge in [0.25, 0.3) is 0 Å². The van der Waals surface area contributed by atoms with Gasteiger partial charge in [0, 0.05) is 30.1 Å². The Balaban J connectivity index is 1.49. The summed E-state index contributed by atoms with van der Waals surface area (Å²) in [6.45, 7) is 2.27. The number of nitrogens with zero attached hydrogens (tertiary/aromatic N) is 5. The van der Waals surface area contributed by atoms with Crippen LogP contribution in [-0.2, 0) is 13.1 Å². The van der Waals surface area contributed by atoms with Crippen molar-refractivity contribution in [3.05, 3.63) is 101 Å². The van der Waals surface area contributed by atoms with Crippen molar-refractivity contribution in [2.45, 2.75) is 20.0 Å². The number of aryl methyl sites for hydroxylation is 1. The standard InChI is InChI=1S/C25H19F3N6/c1-15-11-22(30-13-16-8-9-20(27)21(28)12-16)32-24(31-15)23-18-6-4-10-29-25(18)34(33-23)14-17-5-2-3-7-19(17)26/h2-12H,13-14H2,1H3,(H,30,31,32). The van der Waals surface area contributed by atoms with Crippen LogP contribution in [0.4, 0.5) is 19.0 Å². The van der Waals surface area contributed by atoms with Crippen molar-refractivity contribution in [2.75, 3.05) is 5.32 Å². The van der Waals surface area contributed by atoms with E-state index in [9.17, 15) is 13.2 Å². The second-order valence-electron chi connectivity index (χ2n) is 7.79. The number of halogens is 3. The molecule has 0 amide bonds. The Hall–Kier alpha value is -4.27. The molecule has 0 aliphatic heterocycles. The van der Waals surface area contributed by atoms with Gasteiger partial charge >= 0.3 is 0 Å². The zero-order valence-electron chi connectivity index (χ0n) is 18.1. The minimum Gasteiger partial charge on any atom is -0.366 e. The van der Waals surface area contributed by atoms with Crippen molar-refractivity contribution in [1.82, 2.24) is 24.7 Å². The molecule has 34 heavy (non-hydrogen) atoms. The van der Waals surface area contributed by atoms with Gasteiger partial charge in [-0.2, -0.15) is 5.10 Å². The van der Waals surface area contributed by atoms with Gasteiger partial charge in [0.15, 0.2) is 23.1 Å². The summed E-state index contributed by atoms with van der Waals surface area (Å²) in [5, 5.41) is 8.51. The maximum absolute atomic E-state index is 14.2. The largest absolute Gasteiger partial charge is 0.366 e. The summed E-state index contributed by atoms with van der Waals surface area (Å²) in [5.41, 5.74) is 2.85. The van der Waals surface area contributed by atoms with E-state index < -0.39 is 11.6 Å². The van der Waals surface area contributed by atoms with Crippen LogP contribution in [-0.4, -0.2) is 24.7 Å². The molecular weight excluding hydrogens is 441 g/mol. The van der Waals surface area contributed by atoms with Crippen molar-refractivity contribution in [1.29, 1.82) is 0 Å². The third kappa shape index (κ3) is 4.32. The fraction of sp³-hybridized carbons (Fsp3) is 0.120. The van der Waals surface area contributed by atoms with Crippen LogP contribution in [0.1, 0.15) is 16.8 Å². The van der Waals surface area contributed by atoms with Crippen molar-refractivity contribution >= 4 is 16.9 Å². The van der Waals surface area contributed by atoms with E-state index >= 15 is 0 Å². The Morgan fingerprint density at radius 1 is 0.882 bits per heavy atom. The maximum Gasteiger partial charge on any atom is 0.183 e. The Morgan fingerprint density at radius 3 is 2.56 bits per heavy atom. The summed E-state index contributed by atoms with van der Waals surface area (Å²) >= 11 is 0. The molecule has 0 atom stereocenters. The highest BCUT2D eigenvalue weighted by molar-refractivity contribution is 5.89. The Morgan fingerprint density at radius 2 is 1.74 bits per heavy atom. The van der Waals surface area contributed by atoms with Crippen molar-refractivity contribution in [3.63, 3.8) is 0 Å². The third-order valence-corrected chi connectivity index (χ3v) is 5.31. The van der Waals surface area contributed by atoms with Crippen molar-refractivity contribution in [3.8, 4) is 11.5 Å². The smallest absolute Gasteiger partial charge is 0.183 e. The molecule has 2 aromatic carbocycles. The lowest BCUT2D eigenvalue weighted by molar-refractivity contribution is 0.507. The van der Waals surface area contributed by atoms with E-state index in [4.69, 9.17) is 0 Å². The first-order valence-corrected chi connectivity index (χ1v) is 10.6. The predicted octanol–water partition coefficient (Wildman–Crippen LogP) is 5.27. The number of pyridine rings is 1. The van der Waals surface area contributed by atoms with Crippen molar-refractivity contribution < 1.29 is 13.2 Å². The molecule has 0 saturated heterocycles. The van der Waals surface area contributed by atoms with Gasteiger partial charge in [0.1, 0.15) is 17.3 Å². The number of aromatic nitrogens is 5. The molecule has 3 heterocycles. The first-order valence-electron chi connectivity index (χ1n) is 10.6. The highest BCUT2D eigenvalue weighted by Gasteiger charge is 2.17. The molecule has 1 N–H and O–H groups in total. The molecule has 0 saturated carbocycles. The molecule has 0 spiro atoms. The lowest BCUT2D eigenvalue weighted by Gasteiger charge is -2.08. The summed E-state index contributed by atoms with van der Waals surface area (Å²) in [4.78, 5) is 13.5.